The Bertz CT molecular complexity index is 686. The van der Waals surface area contributed by atoms with Gasteiger partial charge in [-0.25, -0.2) is 4.79 Å². The molecule has 0 aliphatic heterocycles. The van der Waals surface area contributed by atoms with Crippen molar-refractivity contribution >= 4 is 17.3 Å². The molecule has 0 bridgehead atoms. The summed E-state index contributed by atoms with van der Waals surface area (Å²) in [6.07, 6.45) is 0. The first kappa shape index (κ1) is 11.9. The van der Waals surface area contributed by atoms with Crippen molar-refractivity contribution in [1.29, 1.82) is 0 Å². The Labute approximate surface area is 115 Å². The Morgan fingerprint density at radius 1 is 1.05 bits per heavy atom. The molecule has 0 spiro atoms. The molecule has 1 aromatic rings. The third-order valence-corrected chi connectivity index (χ3v) is 3.82. The van der Waals surface area contributed by atoms with E-state index >= 15 is 0 Å². The molecule has 3 heteroatoms. The van der Waals surface area contributed by atoms with Crippen molar-refractivity contribution in [2.45, 2.75) is 0 Å². The van der Waals surface area contributed by atoms with Crippen LogP contribution in [0.5, 0.6) is 0 Å². The van der Waals surface area contributed by atoms with E-state index in [0.29, 0.717) is 5.56 Å². The maximum absolute atomic E-state index is 12.1. The lowest BCUT2D eigenvalue weighted by molar-refractivity contribution is 0.0603. The average Bonchev–Trinajstić information content (AvgIpc) is 3.01. The largest absolute Gasteiger partial charge is 0.465 e. The van der Waals surface area contributed by atoms with Crippen LogP contribution < -0.4 is 0 Å². The maximum atomic E-state index is 12.1. The van der Waals surface area contributed by atoms with Gasteiger partial charge in [0.1, 0.15) is 0 Å². The molecule has 0 amide bonds. The monoisotopic (exact) mass is 268 g/mol. The molecular weight excluding hydrogens is 256 g/mol. The molecule has 0 aromatic carbocycles. The number of rotatable bonds is 2. The predicted octanol–water partition coefficient (Wildman–Crippen LogP) is 4.31. The maximum Gasteiger partial charge on any atom is 0.339 e. The van der Waals surface area contributed by atoms with E-state index in [1.54, 1.807) is 11.3 Å². The highest BCUT2D eigenvalue weighted by molar-refractivity contribution is 7.08. The highest BCUT2D eigenvalue weighted by Gasteiger charge is 2.22. The summed E-state index contributed by atoms with van der Waals surface area (Å²) in [6.45, 7) is 0. The zero-order valence-electron chi connectivity index (χ0n) is 10.4. The third-order valence-electron chi connectivity index (χ3n) is 3.13. The molecule has 19 heavy (non-hydrogen) atoms. The summed E-state index contributed by atoms with van der Waals surface area (Å²) in [5.74, 6) is -0.289. The normalized spacial score (nSPS) is 10.6. The molecule has 94 valence electrons. The van der Waals surface area contributed by atoms with Crippen LogP contribution in [0, 0.1) is 0 Å². The van der Waals surface area contributed by atoms with Gasteiger partial charge in [-0.3, -0.25) is 0 Å². The van der Waals surface area contributed by atoms with Gasteiger partial charge in [-0.05, 0) is 45.1 Å². The summed E-state index contributed by atoms with van der Waals surface area (Å²) in [5.41, 5.74) is 4.62. The number of esters is 1. The van der Waals surface area contributed by atoms with Crippen LogP contribution >= 0.6 is 11.3 Å². The second kappa shape index (κ2) is 4.86. The molecule has 0 radical (unpaired) electrons. The van der Waals surface area contributed by atoms with E-state index < -0.39 is 0 Å². The second-order valence-corrected chi connectivity index (χ2v) is 5.00. The molecule has 1 heterocycles. The first-order valence-electron chi connectivity index (χ1n) is 5.94. The van der Waals surface area contributed by atoms with E-state index in [1.165, 1.54) is 7.11 Å². The number of hydrogen-bond acceptors (Lipinski definition) is 3. The van der Waals surface area contributed by atoms with Crippen LogP contribution in [-0.4, -0.2) is 13.1 Å². The van der Waals surface area contributed by atoms with Gasteiger partial charge < -0.3 is 4.74 Å². The van der Waals surface area contributed by atoms with Crippen LogP contribution in [0.1, 0.15) is 10.4 Å². The lowest BCUT2D eigenvalue weighted by Crippen LogP contribution is -2.02. The number of ether oxygens (including phenoxy) is 1. The van der Waals surface area contributed by atoms with Crippen molar-refractivity contribution in [1.82, 2.24) is 0 Å². The Balaban J connectivity index is 2.32. The molecule has 0 atom stereocenters. The van der Waals surface area contributed by atoms with Crippen molar-refractivity contribution in [2.75, 3.05) is 7.11 Å². The minimum Gasteiger partial charge on any atom is -0.465 e. The summed E-state index contributed by atoms with van der Waals surface area (Å²) in [7, 11) is 1.42. The van der Waals surface area contributed by atoms with Crippen molar-refractivity contribution in [3.8, 4) is 22.3 Å². The van der Waals surface area contributed by atoms with Gasteiger partial charge in [0, 0.05) is 0 Å². The lowest BCUT2D eigenvalue weighted by Gasteiger charge is -2.02. The highest BCUT2D eigenvalue weighted by atomic mass is 32.1. The number of hydrogen-bond donors (Lipinski definition) is 0. The first-order chi connectivity index (χ1) is 9.31. The molecule has 0 N–H and O–H groups in total. The summed E-state index contributed by atoms with van der Waals surface area (Å²) in [4.78, 5) is 12.1. The second-order valence-electron chi connectivity index (χ2n) is 4.22. The van der Waals surface area contributed by atoms with Gasteiger partial charge in [0.25, 0.3) is 0 Å². The van der Waals surface area contributed by atoms with Crippen LogP contribution in [0.25, 0.3) is 22.3 Å². The van der Waals surface area contributed by atoms with Gasteiger partial charge in [-0.1, -0.05) is 30.3 Å². The fraction of sp³-hybridized carbons (Fsp3) is 0.0625. The van der Waals surface area contributed by atoms with E-state index in [2.05, 4.69) is 0 Å². The Morgan fingerprint density at radius 2 is 1.89 bits per heavy atom. The van der Waals surface area contributed by atoms with Gasteiger partial charge >= 0.3 is 5.97 Å². The zero-order valence-corrected chi connectivity index (χ0v) is 11.2. The van der Waals surface area contributed by atoms with Gasteiger partial charge in [0.05, 0.1) is 12.7 Å². The fourth-order valence-corrected chi connectivity index (χ4v) is 2.91. The number of thiophene rings is 1. The molecule has 0 saturated carbocycles. The third kappa shape index (κ3) is 2.02. The Hall–Kier alpha value is -2.13. The quantitative estimate of drug-likeness (QED) is 0.647. The van der Waals surface area contributed by atoms with Crippen LogP contribution in [0.2, 0.25) is 0 Å². The van der Waals surface area contributed by atoms with Crippen LogP contribution in [0.15, 0.2) is 53.2 Å². The standard InChI is InChI=1S/C16H12O2S/c1-18-16(17)15-13-6-4-2-3-5-11(13)9-14(15)12-7-8-19-10-12/h2-10H,1H3. The lowest BCUT2D eigenvalue weighted by atomic mass is 10.1. The molecule has 2 aliphatic rings. The van der Waals surface area contributed by atoms with Crippen molar-refractivity contribution in [2.24, 2.45) is 0 Å². The van der Waals surface area contributed by atoms with Crippen LogP contribution in [-0.2, 0) is 4.74 Å². The van der Waals surface area contributed by atoms with Crippen molar-refractivity contribution in [3.63, 3.8) is 0 Å². The topological polar surface area (TPSA) is 26.3 Å². The number of carbonyl (C=O) groups excluding carboxylic acids is 1. The van der Waals surface area contributed by atoms with Gasteiger partial charge in [-0.15, -0.1) is 0 Å². The van der Waals surface area contributed by atoms with E-state index in [-0.39, 0.29) is 5.97 Å². The summed E-state index contributed by atoms with van der Waals surface area (Å²) in [5, 5.41) is 4.05. The van der Waals surface area contributed by atoms with E-state index in [1.807, 2.05) is 53.2 Å². The summed E-state index contributed by atoms with van der Waals surface area (Å²) >= 11 is 1.62. The number of carbonyl (C=O) groups is 1. The van der Waals surface area contributed by atoms with Crippen LogP contribution in [0.4, 0.5) is 0 Å². The van der Waals surface area contributed by atoms with Gasteiger partial charge in [0.15, 0.2) is 0 Å². The SMILES string of the molecule is COC(=O)c1c2cccccc-2cc1-c1ccsc1. The Morgan fingerprint density at radius 3 is 2.63 bits per heavy atom. The smallest absolute Gasteiger partial charge is 0.339 e. The molecular formula is C16H12O2S. The van der Waals surface area contributed by atoms with E-state index in [4.69, 9.17) is 4.74 Å². The average molecular weight is 268 g/mol. The predicted molar refractivity (Wildman–Crippen MR) is 77.7 cm³/mol. The minimum atomic E-state index is -0.289. The van der Waals surface area contributed by atoms with Gasteiger partial charge in [0.2, 0.25) is 0 Å². The summed E-state index contributed by atoms with van der Waals surface area (Å²) < 4.78 is 4.94. The van der Waals surface area contributed by atoms with E-state index in [0.717, 1.165) is 22.3 Å². The highest BCUT2D eigenvalue weighted by Crippen LogP contribution is 2.38. The minimum absolute atomic E-state index is 0.289. The fourth-order valence-electron chi connectivity index (χ4n) is 2.25. The molecule has 0 unspecified atom stereocenters. The van der Waals surface area contributed by atoms with Gasteiger partial charge in [-0.2, -0.15) is 11.3 Å². The Kier molecular flexibility index (Phi) is 3.05. The molecule has 2 aliphatic carbocycles. The van der Waals surface area contributed by atoms with E-state index in [9.17, 15) is 4.79 Å². The summed E-state index contributed by atoms with van der Waals surface area (Å²) in [6, 6.07) is 13.9. The molecule has 2 nitrogen and oxygen atoms in total. The molecule has 3 rings (SSSR count). The molecule has 0 fully saturated rings. The van der Waals surface area contributed by atoms with Crippen molar-refractivity contribution in [3.05, 3.63) is 58.8 Å². The van der Waals surface area contributed by atoms with Crippen LogP contribution in [0.3, 0.4) is 0 Å². The molecule has 1 aromatic heterocycles. The number of fused-ring (bicyclic) bond motifs is 1. The first-order valence-corrected chi connectivity index (χ1v) is 6.88. The molecule has 0 saturated heterocycles. The zero-order chi connectivity index (χ0) is 13.2. The van der Waals surface area contributed by atoms with Crippen molar-refractivity contribution < 1.29 is 9.53 Å². The number of methoxy groups -OCH3 is 1.